The molecule has 0 saturated carbocycles. The maximum absolute atomic E-state index is 12.9. The van der Waals surface area contributed by atoms with Crippen LogP contribution in [0.4, 0.5) is 11.5 Å². The molecule has 0 radical (unpaired) electrons. The molecular weight excluding hydrogens is 330 g/mol. The number of methoxy groups -OCH3 is 2. The minimum absolute atomic E-state index is 0.194. The number of nitrogens with one attached hydrogen (secondary N) is 1. The van der Waals surface area contributed by atoms with Gasteiger partial charge in [0.05, 0.1) is 25.5 Å². The molecule has 2 aromatic rings. The summed E-state index contributed by atoms with van der Waals surface area (Å²) in [6.07, 6.45) is 6.46. The Morgan fingerprint density at radius 1 is 1.08 bits per heavy atom. The number of pyridine rings is 1. The molecule has 0 bridgehead atoms. The van der Waals surface area contributed by atoms with E-state index >= 15 is 0 Å². The molecule has 0 spiro atoms. The molecule has 1 fully saturated rings. The summed E-state index contributed by atoms with van der Waals surface area (Å²) in [5.41, 5.74) is 1.18. The first-order valence-electron chi connectivity index (χ1n) is 8.96. The zero-order chi connectivity index (χ0) is 18.4. The molecule has 1 N–H and O–H groups in total. The molecule has 2 heterocycles. The molecule has 138 valence electrons. The van der Waals surface area contributed by atoms with Crippen molar-refractivity contribution in [3.05, 3.63) is 42.1 Å². The normalized spacial score (nSPS) is 14.5. The van der Waals surface area contributed by atoms with E-state index in [9.17, 15) is 4.79 Å². The van der Waals surface area contributed by atoms with Crippen molar-refractivity contribution in [2.45, 2.75) is 25.7 Å². The smallest absolute Gasteiger partial charge is 0.259 e. The van der Waals surface area contributed by atoms with Gasteiger partial charge in [-0.1, -0.05) is 12.8 Å². The predicted octanol–water partition coefficient (Wildman–Crippen LogP) is 3.73. The summed E-state index contributed by atoms with van der Waals surface area (Å²) in [5, 5.41) is 2.94. The molecule has 0 aliphatic carbocycles. The van der Waals surface area contributed by atoms with Crippen LogP contribution in [0.2, 0.25) is 0 Å². The van der Waals surface area contributed by atoms with Crippen molar-refractivity contribution in [3.63, 3.8) is 0 Å². The van der Waals surface area contributed by atoms with Crippen molar-refractivity contribution in [2.75, 3.05) is 37.5 Å². The minimum Gasteiger partial charge on any atom is -0.497 e. The van der Waals surface area contributed by atoms with Gasteiger partial charge in [-0.05, 0) is 37.1 Å². The Hall–Kier alpha value is -2.76. The topological polar surface area (TPSA) is 63.7 Å². The average molecular weight is 355 g/mol. The number of benzene rings is 1. The van der Waals surface area contributed by atoms with E-state index in [1.165, 1.54) is 12.8 Å². The van der Waals surface area contributed by atoms with Crippen molar-refractivity contribution >= 4 is 17.4 Å². The van der Waals surface area contributed by atoms with Gasteiger partial charge < -0.3 is 19.7 Å². The van der Waals surface area contributed by atoms with Crippen LogP contribution in [-0.2, 0) is 0 Å². The van der Waals surface area contributed by atoms with Crippen molar-refractivity contribution in [1.82, 2.24) is 4.98 Å². The number of nitrogens with zero attached hydrogens (tertiary/aromatic N) is 2. The van der Waals surface area contributed by atoms with Crippen LogP contribution in [0.1, 0.15) is 36.0 Å². The predicted molar refractivity (Wildman–Crippen MR) is 102 cm³/mol. The Bertz CT molecular complexity index is 756. The van der Waals surface area contributed by atoms with Gasteiger partial charge in [0, 0.05) is 25.4 Å². The maximum atomic E-state index is 12.9. The van der Waals surface area contributed by atoms with Crippen LogP contribution >= 0.6 is 0 Å². The molecule has 3 rings (SSSR count). The number of hydrogen-bond acceptors (Lipinski definition) is 5. The van der Waals surface area contributed by atoms with E-state index in [0.29, 0.717) is 22.7 Å². The van der Waals surface area contributed by atoms with Crippen molar-refractivity contribution < 1.29 is 14.3 Å². The quantitative estimate of drug-likeness (QED) is 0.885. The fourth-order valence-electron chi connectivity index (χ4n) is 3.20. The zero-order valence-corrected chi connectivity index (χ0v) is 15.3. The number of carbonyl (C=O) groups is 1. The number of amides is 1. The highest BCUT2D eigenvalue weighted by Gasteiger charge is 2.20. The summed E-state index contributed by atoms with van der Waals surface area (Å²) in [5.74, 6) is 1.78. The SMILES string of the molecule is COc1ccc(NC(=O)c2cccnc2N2CCCCCC2)c(OC)c1. The van der Waals surface area contributed by atoms with Crippen LogP contribution in [0.15, 0.2) is 36.5 Å². The molecule has 6 heteroatoms. The van der Waals surface area contributed by atoms with Crippen LogP contribution < -0.4 is 19.7 Å². The molecule has 1 aliphatic rings. The number of carbonyl (C=O) groups excluding carboxylic acids is 1. The zero-order valence-electron chi connectivity index (χ0n) is 15.3. The molecule has 1 aromatic heterocycles. The highest BCUT2D eigenvalue weighted by molar-refractivity contribution is 6.08. The van der Waals surface area contributed by atoms with Crippen LogP contribution in [0.25, 0.3) is 0 Å². The molecule has 1 amide bonds. The summed E-state index contributed by atoms with van der Waals surface area (Å²) in [6.45, 7) is 1.87. The Balaban J connectivity index is 1.84. The monoisotopic (exact) mass is 355 g/mol. The number of anilines is 2. The van der Waals surface area contributed by atoms with Gasteiger partial charge in [0.15, 0.2) is 0 Å². The van der Waals surface area contributed by atoms with Gasteiger partial charge in [-0.3, -0.25) is 4.79 Å². The Morgan fingerprint density at radius 2 is 1.85 bits per heavy atom. The van der Waals surface area contributed by atoms with E-state index in [-0.39, 0.29) is 5.91 Å². The van der Waals surface area contributed by atoms with Gasteiger partial charge >= 0.3 is 0 Å². The molecule has 1 saturated heterocycles. The number of hydrogen-bond donors (Lipinski definition) is 1. The van der Waals surface area contributed by atoms with Gasteiger partial charge in [-0.2, -0.15) is 0 Å². The van der Waals surface area contributed by atoms with Crippen molar-refractivity contribution in [3.8, 4) is 11.5 Å². The van der Waals surface area contributed by atoms with E-state index < -0.39 is 0 Å². The lowest BCUT2D eigenvalue weighted by Gasteiger charge is -2.23. The molecule has 1 aliphatic heterocycles. The maximum Gasteiger partial charge on any atom is 0.259 e. The van der Waals surface area contributed by atoms with E-state index in [4.69, 9.17) is 9.47 Å². The third-order valence-corrected chi connectivity index (χ3v) is 4.59. The lowest BCUT2D eigenvalue weighted by molar-refractivity contribution is 0.102. The molecule has 1 aromatic carbocycles. The van der Waals surface area contributed by atoms with E-state index in [1.54, 1.807) is 44.7 Å². The highest BCUT2D eigenvalue weighted by Crippen LogP contribution is 2.30. The van der Waals surface area contributed by atoms with Crippen LogP contribution in [0, 0.1) is 0 Å². The van der Waals surface area contributed by atoms with Gasteiger partial charge in [-0.15, -0.1) is 0 Å². The third kappa shape index (κ3) is 4.07. The Morgan fingerprint density at radius 3 is 2.54 bits per heavy atom. The summed E-state index contributed by atoms with van der Waals surface area (Å²) in [4.78, 5) is 19.6. The summed E-state index contributed by atoms with van der Waals surface area (Å²) in [6, 6.07) is 8.92. The van der Waals surface area contributed by atoms with Gasteiger partial charge in [0.25, 0.3) is 5.91 Å². The molecular formula is C20H25N3O3. The number of aromatic nitrogens is 1. The van der Waals surface area contributed by atoms with Crippen LogP contribution in [0.3, 0.4) is 0 Å². The van der Waals surface area contributed by atoms with Crippen molar-refractivity contribution in [1.29, 1.82) is 0 Å². The van der Waals surface area contributed by atoms with Crippen LogP contribution in [0.5, 0.6) is 11.5 Å². The van der Waals surface area contributed by atoms with Gasteiger partial charge in [-0.25, -0.2) is 4.98 Å². The lowest BCUT2D eigenvalue weighted by atomic mass is 10.2. The van der Waals surface area contributed by atoms with E-state index in [1.807, 2.05) is 6.07 Å². The average Bonchev–Trinajstić information content (AvgIpc) is 2.97. The second-order valence-corrected chi connectivity index (χ2v) is 6.30. The highest BCUT2D eigenvalue weighted by atomic mass is 16.5. The second kappa shape index (κ2) is 8.56. The molecule has 26 heavy (non-hydrogen) atoms. The fraction of sp³-hybridized carbons (Fsp3) is 0.400. The van der Waals surface area contributed by atoms with Crippen LogP contribution in [-0.4, -0.2) is 38.2 Å². The van der Waals surface area contributed by atoms with Gasteiger partial charge in [0.1, 0.15) is 17.3 Å². The molecule has 0 atom stereocenters. The second-order valence-electron chi connectivity index (χ2n) is 6.30. The fourth-order valence-corrected chi connectivity index (χ4v) is 3.20. The first-order chi connectivity index (χ1) is 12.7. The third-order valence-electron chi connectivity index (χ3n) is 4.59. The number of ether oxygens (including phenoxy) is 2. The summed E-state index contributed by atoms with van der Waals surface area (Å²) < 4.78 is 10.6. The first kappa shape index (κ1) is 18.0. The van der Waals surface area contributed by atoms with E-state index in [0.717, 1.165) is 31.7 Å². The summed E-state index contributed by atoms with van der Waals surface area (Å²) >= 11 is 0. The van der Waals surface area contributed by atoms with Crippen molar-refractivity contribution in [2.24, 2.45) is 0 Å². The minimum atomic E-state index is -0.194. The lowest BCUT2D eigenvalue weighted by Crippen LogP contribution is -2.28. The number of rotatable bonds is 5. The largest absolute Gasteiger partial charge is 0.497 e. The Labute approximate surface area is 154 Å². The standard InChI is InChI=1S/C20H25N3O3/c1-25-15-9-10-17(18(14-15)26-2)22-20(24)16-8-7-11-21-19(16)23-12-5-3-4-6-13-23/h7-11,14H,3-6,12-13H2,1-2H3,(H,22,24). The molecule has 6 nitrogen and oxygen atoms in total. The van der Waals surface area contributed by atoms with Gasteiger partial charge in [0.2, 0.25) is 0 Å². The summed E-state index contributed by atoms with van der Waals surface area (Å²) in [7, 11) is 3.16. The van der Waals surface area contributed by atoms with E-state index in [2.05, 4.69) is 15.2 Å². The Kier molecular flexibility index (Phi) is 5.94. The first-order valence-corrected chi connectivity index (χ1v) is 8.96. The molecule has 0 unspecified atom stereocenters.